The van der Waals surface area contributed by atoms with Crippen LogP contribution in [0, 0.1) is 20.8 Å². The van der Waals surface area contributed by atoms with Crippen LogP contribution in [0.3, 0.4) is 0 Å². The van der Waals surface area contributed by atoms with Crippen LogP contribution in [-0.4, -0.2) is 57.2 Å². The molecular weight excluding hydrogens is 424 g/mol. The van der Waals surface area contributed by atoms with Gasteiger partial charge in [-0.05, 0) is 62.6 Å². The molecule has 0 unspecified atom stereocenters. The maximum absolute atomic E-state index is 11.1. The topological polar surface area (TPSA) is 131 Å². The highest BCUT2D eigenvalue weighted by Crippen LogP contribution is 2.31. The van der Waals surface area contributed by atoms with E-state index in [1.54, 1.807) is 0 Å². The summed E-state index contributed by atoms with van der Waals surface area (Å²) in [5, 5.41) is 29.6. The molecule has 33 heavy (non-hydrogen) atoms. The Morgan fingerprint density at radius 3 is 2.33 bits per heavy atom. The van der Waals surface area contributed by atoms with E-state index in [-0.39, 0.29) is 13.2 Å². The Morgan fingerprint density at radius 1 is 1.09 bits per heavy atom. The smallest absolute Gasteiger partial charge is 0.248 e. The average molecular weight is 455 g/mol. The lowest BCUT2D eigenvalue weighted by molar-refractivity contribution is -0.124. The number of nitrogens with one attached hydrogen (secondary N) is 1. The summed E-state index contributed by atoms with van der Waals surface area (Å²) in [6.45, 7) is 7.23. The number of carbonyl (C=O) groups is 1. The Balaban J connectivity index is 1.74. The van der Waals surface area contributed by atoms with Gasteiger partial charge >= 0.3 is 0 Å². The zero-order chi connectivity index (χ0) is 24.0. The minimum absolute atomic E-state index is 0.00106. The van der Waals surface area contributed by atoms with Crippen LogP contribution in [0.2, 0.25) is 0 Å². The van der Waals surface area contributed by atoms with Gasteiger partial charge < -0.3 is 24.7 Å². The fraction of sp³-hybridized carbons (Fsp3) is 0.417. The molecule has 9 nitrogen and oxygen atoms in total. The van der Waals surface area contributed by atoms with Crippen molar-refractivity contribution in [1.29, 1.82) is 0 Å². The van der Waals surface area contributed by atoms with E-state index in [1.807, 2.05) is 45.0 Å². The number of rotatable bonds is 10. The number of hydrogen-bond donors (Lipinski definition) is 3. The summed E-state index contributed by atoms with van der Waals surface area (Å²) in [6, 6.07) is 7.69. The number of carbonyl (C=O) groups excluding carboxylic acids is 1. The lowest BCUT2D eigenvalue weighted by Gasteiger charge is -2.16. The molecule has 1 atom stereocenters. The predicted molar refractivity (Wildman–Crippen MR) is 123 cm³/mol. The molecule has 2 heterocycles. The molecule has 1 aromatic carbocycles. The van der Waals surface area contributed by atoms with E-state index in [9.17, 15) is 9.90 Å². The van der Waals surface area contributed by atoms with Crippen LogP contribution in [0.25, 0.3) is 22.9 Å². The molecule has 0 bridgehead atoms. The van der Waals surface area contributed by atoms with Crippen LogP contribution >= 0.6 is 0 Å². The molecule has 3 rings (SSSR count). The number of aryl methyl sites for hydroxylation is 4. The molecule has 9 heteroatoms. The number of aromatic nitrogens is 3. The molecule has 176 valence electrons. The Labute approximate surface area is 192 Å². The SMILES string of the molecule is CCCc1cc(-c2nnc(-c3cc(C)c(OC[C@@H](O)CNC(=O)CO)c(C)c3)o2)cc(C)n1. The molecule has 0 saturated carbocycles. The highest BCUT2D eigenvalue weighted by molar-refractivity contribution is 5.76. The first-order chi connectivity index (χ1) is 15.8. The molecule has 3 aromatic rings. The van der Waals surface area contributed by atoms with Gasteiger partial charge in [-0.2, -0.15) is 0 Å². The predicted octanol–water partition coefficient (Wildman–Crippen LogP) is 2.52. The third kappa shape index (κ3) is 6.36. The zero-order valence-electron chi connectivity index (χ0n) is 19.4. The summed E-state index contributed by atoms with van der Waals surface area (Å²) >= 11 is 0. The van der Waals surface area contributed by atoms with E-state index in [0.29, 0.717) is 17.5 Å². The van der Waals surface area contributed by atoms with Crippen molar-refractivity contribution in [2.24, 2.45) is 0 Å². The van der Waals surface area contributed by atoms with Crippen molar-refractivity contribution in [3.8, 4) is 28.7 Å². The third-order valence-electron chi connectivity index (χ3n) is 4.99. The van der Waals surface area contributed by atoms with Gasteiger partial charge in [-0.15, -0.1) is 10.2 Å². The van der Waals surface area contributed by atoms with Crippen molar-refractivity contribution >= 4 is 5.91 Å². The number of hydrogen-bond acceptors (Lipinski definition) is 8. The van der Waals surface area contributed by atoms with E-state index < -0.39 is 18.6 Å². The van der Waals surface area contributed by atoms with E-state index in [2.05, 4.69) is 27.4 Å². The highest BCUT2D eigenvalue weighted by Gasteiger charge is 2.16. The first kappa shape index (κ1) is 24.3. The van der Waals surface area contributed by atoms with E-state index in [4.69, 9.17) is 14.3 Å². The Morgan fingerprint density at radius 2 is 1.73 bits per heavy atom. The lowest BCUT2D eigenvalue weighted by atomic mass is 10.1. The second-order valence-corrected chi connectivity index (χ2v) is 8.02. The number of ether oxygens (including phenoxy) is 1. The van der Waals surface area contributed by atoms with Crippen molar-refractivity contribution in [3.05, 3.63) is 46.8 Å². The van der Waals surface area contributed by atoms with E-state index in [0.717, 1.165) is 46.5 Å². The number of benzene rings is 1. The summed E-state index contributed by atoms with van der Waals surface area (Å²) in [7, 11) is 0. The molecule has 3 N–H and O–H groups in total. The second kappa shape index (κ2) is 11.0. The van der Waals surface area contributed by atoms with Gasteiger partial charge in [-0.25, -0.2) is 0 Å². The Kier molecular flexibility index (Phi) is 8.13. The Bertz CT molecular complexity index is 1090. The van der Waals surface area contributed by atoms with Crippen LogP contribution in [0.4, 0.5) is 0 Å². The molecule has 1 amide bonds. The molecular formula is C24H30N4O5. The first-order valence-corrected chi connectivity index (χ1v) is 10.9. The van der Waals surface area contributed by atoms with Gasteiger partial charge in [0.05, 0.1) is 0 Å². The first-order valence-electron chi connectivity index (χ1n) is 10.9. The second-order valence-electron chi connectivity index (χ2n) is 8.02. The average Bonchev–Trinajstić information content (AvgIpc) is 3.27. The minimum Gasteiger partial charge on any atom is -0.490 e. The highest BCUT2D eigenvalue weighted by atomic mass is 16.5. The number of pyridine rings is 1. The van der Waals surface area contributed by atoms with Crippen LogP contribution in [0.5, 0.6) is 5.75 Å². The van der Waals surface area contributed by atoms with Gasteiger partial charge in [0.2, 0.25) is 17.7 Å². The summed E-state index contributed by atoms with van der Waals surface area (Å²) in [4.78, 5) is 15.6. The fourth-order valence-corrected chi connectivity index (χ4v) is 3.53. The van der Waals surface area contributed by atoms with Crippen molar-refractivity contribution in [1.82, 2.24) is 20.5 Å². The van der Waals surface area contributed by atoms with Gasteiger partial charge in [0.15, 0.2) is 0 Å². The summed E-state index contributed by atoms with van der Waals surface area (Å²) in [6.07, 6.45) is 0.989. The van der Waals surface area contributed by atoms with Gasteiger partial charge in [0.25, 0.3) is 0 Å². The molecule has 0 fully saturated rings. The van der Waals surface area contributed by atoms with Crippen LogP contribution < -0.4 is 10.1 Å². The summed E-state index contributed by atoms with van der Waals surface area (Å²) in [5.74, 6) is 0.936. The van der Waals surface area contributed by atoms with Crippen molar-refractivity contribution in [2.75, 3.05) is 19.8 Å². The van der Waals surface area contributed by atoms with Crippen LogP contribution in [0.1, 0.15) is 35.9 Å². The fourth-order valence-electron chi connectivity index (χ4n) is 3.53. The monoisotopic (exact) mass is 454 g/mol. The quantitative estimate of drug-likeness (QED) is 0.426. The number of aliphatic hydroxyl groups excluding tert-OH is 2. The third-order valence-corrected chi connectivity index (χ3v) is 4.99. The van der Waals surface area contributed by atoms with Crippen LogP contribution in [0.15, 0.2) is 28.7 Å². The standard InChI is InChI=1S/C24H30N4O5/c1-5-6-19-10-18(9-16(4)26-19)24-28-27-23(33-24)17-7-14(2)22(15(3)8-17)32-13-20(30)11-25-21(31)12-29/h7-10,20,29-30H,5-6,11-13H2,1-4H3,(H,25,31)/t20-/m0/s1. The Hall–Kier alpha value is -3.30. The van der Waals surface area contributed by atoms with E-state index in [1.165, 1.54) is 0 Å². The summed E-state index contributed by atoms with van der Waals surface area (Å²) in [5.41, 5.74) is 5.22. The van der Waals surface area contributed by atoms with Crippen molar-refractivity contribution in [3.63, 3.8) is 0 Å². The molecule has 0 aliphatic heterocycles. The lowest BCUT2D eigenvalue weighted by Crippen LogP contribution is -2.36. The number of amides is 1. The summed E-state index contributed by atoms with van der Waals surface area (Å²) < 4.78 is 11.7. The van der Waals surface area contributed by atoms with Gasteiger partial charge in [-0.3, -0.25) is 9.78 Å². The number of nitrogens with zero attached hydrogens (tertiary/aromatic N) is 3. The normalized spacial score (nSPS) is 11.9. The molecule has 2 aromatic heterocycles. The minimum atomic E-state index is -0.904. The van der Waals surface area contributed by atoms with Gasteiger partial charge in [-0.1, -0.05) is 13.3 Å². The molecule has 0 radical (unpaired) electrons. The zero-order valence-corrected chi connectivity index (χ0v) is 19.4. The maximum atomic E-state index is 11.1. The molecule has 0 saturated heterocycles. The molecule has 0 spiro atoms. The molecule has 0 aliphatic rings. The van der Waals surface area contributed by atoms with Gasteiger partial charge in [0, 0.05) is 29.1 Å². The van der Waals surface area contributed by atoms with Crippen molar-refractivity contribution < 1.29 is 24.2 Å². The van der Waals surface area contributed by atoms with Gasteiger partial charge in [0.1, 0.15) is 25.1 Å². The maximum Gasteiger partial charge on any atom is 0.248 e. The van der Waals surface area contributed by atoms with Crippen molar-refractivity contribution in [2.45, 2.75) is 46.6 Å². The molecule has 0 aliphatic carbocycles. The van der Waals surface area contributed by atoms with E-state index >= 15 is 0 Å². The largest absolute Gasteiger partial charge is 0.490 e. The number of aliphatic hydroxyl groups is 2. The van der Waals surface area contributed by atoms with Crippen LogP contribution in [-0.2, 0) is 11.2 Å².